The van der Waals surface area contributed by atoms with Gasteiger partial charge in [-0.2, -0.15) is 0 Å². The molecule has 0 radical (unpaired) electrons. The van der Waals surface area contributed by atoms with Crippen LogP contribution in [0.25, 0.3) is 0 Å². The first-order valence-corrected chi connectivity index (χ1v) is 7.22. The van der Waals surface area contributed by atoms with Crippen molar-refractivity contribution in [3.05, 3.63) is 0 Å². The molecule has 104 valence electrons. The molecule has 0 aromatic heterocycles. The van der Waals surface area contributed by atoms with Gasteiger partial charge in [0.15, 0.2) is 0 Å². The topological polar surface area (TPSA) is 52.6 Å². The summed E-state index contributed by atoms with van der Waals surface area (Å²) in [5, 5.41) is 12.7. The fraction of sp³-hybridized carbons (Fsp3) is 0.929. The van der Waals surface area contributed by atoms with Gasteiger partial charge in [0.25, 0.3) is 0 Å². The number of piperidine rings is 2. The van der Waals surface area contributed by atoms with E-state index >= 15 is 0 Å². The zero-order valence-corrected chi connectivity index (χ0v) is 11.6. The van der Waals surface area contributed by atoms with Crippen molar-refractivity contribution >= 4 is 5.97 Å². The van der Waals surface area contributed by atoms with Crippen LogP contribution in [0.15, 0.2) is 0 Å². The SMILES string of the molecule is CC(C(=O)O)C(C)N1CCCC2(CCCNC2)C1. The van der Waals surface area contributed by atoms with E-state index in [9.17, 15) is 4.79 Å². The molecule has 2 heterocycles. The number of nitrogens with one attached hydrogen (secondary N) is 1. The molecule has 0 saturated carbocycles. The molecule has 0 aliphatic carbocycles. The van der Waals surface area contributed by atoms with Crippen LogP contribution in [0.4, 0.5) is 0 Å². The molecule has 18 heavy (non-hydrogen) atoms. The number of likely N-dealkylation sites (tertiary alicyclic amines) is 1. The van der Waals surface area contributed by atoms with Crippen LogP contribution in [0.2, 0.25) is 0 Å². The fourth-order valence-corrected chi connectivity index (χ4v) is 3.49. The third-order valence-corrected chi connectivity index (χ3v) is 4.94. The monoisotopic (exact) mass is 254 g/mol. The van der Waals surface area contributed by atoms with Crippen molar-refractivity contribution in [3.8, 4) is 0 Å². The van der Waals surface area contributed by atoms with Crippen molar-refractivity contribution in [1.29, 1.82) is 0 Å². The van der Waals surface area contributed by atoms with Crippen molar-refractivity contribution in [1.82, 2.24) is 10.2 Å². The Hall–Kier alpha value is -0.610. The molecule has 2 aliphatic rings. The summed E-state index contributed by atoms with van der Waals surface area (Å²) >= 11 is 0. The minimum atomic E-state index is -0.677. The van der Waals surface area contributed by atoms with E-state index in [4.69, 9.17) is 5.11 Å². The van der Waals surface area contributed by atoms with Gasteiger partial charge in [0.05, 0.1) is 5.92 Å². The van der Waals surface area contributed by atoms with Gasteiger partial charge in [-0.1, -0.05) is 6.92 Å². The Labute approximate surface area is 110 Å². The molecule has 0 bridgehead atoms. The number of carboxylic acid groups (broad SMARTS) is 1. The number of carboxylic acids is 1. The van der Waals surface area contributed by atoms with Gasteiger partial charge < -0.3 is 10.4 Å². The Bertz CT molecular complexity index is 295. The first kappa shape index (κ1) is 13.8. The molecule has 2 aliphatic heterocycles. The van der Waals surface area contributed by atoms with Gasteiger partial charge in [-0.25, -0.2) is 0 Å². The summed E-state index contributed by atoms with van der Waals surface area (Å²) < 4.78 is 0. The Kier molecular flexibility index (Phi) is 4.28. The molecule has 2 saturated heterocycles. The van der Waals surface area contributed by atoms with Crippen LogP contribution in [-0.4, -0.2) is 48.2 Å². The first-order chi connectivity index (χ1) is 8.54. The number of carbonyl (C=O) groups is 1. The number of aliphatic carboxylic acids is 1. The third kappa shape index (κ3) is 2.86. The van der Waals surface area contributed by atoms with E-state index in [1.54, 1.807) is 0 Å². The van der Waals surface area contributed by atoms with Crippen LogP contribution in [0.5, 0.6) is 0 Å². The van der Waals surface area contributed by atoms with Crippen molar-refractivity contribution in [3.63, 3.8) is 0 Å². The number of nitrogens with zero attached hydrogens (tertiary/aromatic N) is 1. The van der Waals surface area contributed by atoms with E-state index in [2.05, 4.69) is 17.1 Å². The van der Waals surface area contributed by atoms with Gasteiger partial charge in [0, 0.05) is 19.1 Å². The van der Waals surface area contributed by atoms with Gasteiger partial charge in [-0.15, -0.1) is 0 Å². The molecule has 3 atom stereocenters. The average molecular weight is 254 g/mol. The van der Waals surface area contributed by atoms with Crippen molar-refractivity contribution in [2.45, 2.75) is 45.6 Å². The lowest BCUT2D eigenvalue weighted by Gasteiger charge is -2.48. The second-order valence-corrected chi connectivity index (χ2v) is 6.22. The molecular weight excluding hydrogens is 228 g/mol. The lowest BCUT2D eigenvalue weighted by molar-refractivity contribution is -0.144. The van der Waals surface area contributed by atoms with Gasteiger partial charge in [0.2, 0.25) is 0 Å². The smallest absolute Gasteiger partial charge is 0.307 e. The quantitative estimate of drug-likeness (QED) is 0.802. The molecule has 1 spiro atoms. The molecule has 0 aromatic rings. The highest BCUT2D eigenvalue weighted by atomic mass is 16.4. The number of hydrogen-bond acceptors (Lipinski definition) is 3. The summed E-state index contributed by atoms with van der Waals surface area (Å²) in [5.74, 6) is -0.958. The highest BCUT2D eigenvalue weighted by Gasteiger charge is 2.39. The molecule has 2 N–H and O–H groups in total. The van der Waals surface area contributed by atoms with Crippen molar-refractivity contribution in [2.75, 3.05) is 26.2 Å². The highest BCUT2D eigenvalue weighted by molar-refractivity contribution is 5.70. The molecular formula is C14H26N2O2. The van der Waals surface area contributed by atoms with Crippen LogP contribution in [-0.2, 0) is 4.79 Å². The van der Waals surface area contributed by atoms with E-state index in [0.717, 1.165) is 26.2 Å². The Balaban J connectivity index is 1.99. The Morgan fingerprint density at radius 2 is 2.06 bits per heavy atom. The van der Waals surface area contributed by atoms with Gasteiger partial charge in [0.1, 0.15) is 0 Å². The number of rotatable bonds is 3. The van der Waals surface area contributed by atoms with Crippen LogP contribution >= 0.6 is 0 Å². The maximum atomic E-state index is 11.1. The summed E-state index contributed by atoms with van der Waals surface area (Å²) in [6, 6.07) is 0.140. The predicted octanol–water partition coefficient (Wildman–Crippen LogP) is 1.56. The normalized spacial score (nSPS) is 33.2. The molecule has 0 aromatic carbocycles. The lowest BCUT2D eigenvalue weighted by Crippen LogP contribution is -2.54. The second-order valence-electron chi connectivity index (χ2n) is 6.22. The summed E-state index contributed by atoms with van der Waals surface area (Å²) in [4.78, 5) is 13.5. The molecule has 4 heteroatoms. The molecule has 3 unspecified atom stereocenters. The Morgan fingerprint density at radius 1 is 1.33 bits per heavy atom. The fourth-order valence-electron chi connectivity index (χ4n) is 3.49. The summed E-state index contributed by atoms with van der Waals surface area (Å²) in [5.41, 5.74) is 0.406. The van der Waals surface area contributed by atoms with E-state index in [-0.39, 0.29) is 12.0 Å². The highest BCUT2D eigenvalue weighted by Crippen LogP contribution is 2.37. The zero-order chi connectivity index (χ0) is 13.2. The van der Waals surface area contributed by atoms with E-state index in [0.29, 0.717) is 5.41 Å². The van der Waals surface area contributed by atoms with Crippen LogP contribution < -0.4 is 5.32 Å². The van der Waals surface area contributed by atoms with Gasteiger partial charge in [-0.05, 0) is 51.1 Å². The largest absolute Gasteiger partial charge is 0.481 e. The summed E-state index contributed by atoms with van der Waals surface area (Å²) in [7, 11) is 0. The summed E-state index contributed by atoms with van der Waals surface area (Å²) in [6.45, 7) is 8.27. The van der Waals surface area contributed by atoms with Gasteiger partial charge in [-0.3, -0.25) is 9.69 Å². The van der Waals surface area contributed by atoms with E-state index < -0.39 is 5.97 Å². The summed E-state index contributed by atoms with van der Waals surface area (Å²) in [6.07, 6.45) is 5.06. The van der Waals surface area contributed by atoms with E-state index in [1.165, 1.54) is 25.7 Å². The minimum absolute atomic E-state index is 0.140. The maximum Gasteiger partial charge on any atom is 0.307 e. The van der Waals surface area contributed by atoms with Crippen molar-refractivity contribution < 1.29 is 9.90 Å². The molecule has 2 rings (SSSR count). The maximum absolute atomic E-state index is 11.1. The molecule has 2 fully saturated rings. The molecule has 0 amide bonds. The minimum Gasteiger partial charge on any atom is -0.481 e. The first-order valence-electron chi connectivity index (χ1n) is 7.22. The van der Waals surface area contributed by atoms with Gasteiger partial charge >= 0.3 is 5.97 Å². The molecule has 4 nitrogen and oxygen atoms in total. The third-order valence-electron chi connectivity index (χ3n) is 4.94. The average Bonchev–Trinajstić information content (AvgIpc) is 2.38. The standard InChI is InChI=1S/C14H26N2O2/c1-11(13(17)18)12(2)16-8-4-6-14(10-16)5-3-7-15-9-14/h11-12,15H,3-10H2,1-2H3,(H,17,18). The van der Waals surface area contributed by atoms with Crippen LogP contribution in [0.1, 0.15) is 39.5 Å². The lowest BCUT2D eigenvalue weighted by atomic mass is 9.74. The van der Waals surface area contributed by atoms with E-state index in [1.807, 2.05) is 6.92 Å². The van der Waals surface area contributed by atoms with Crippen LogP contribution in [0, 0.1) is 11.3 Å². The second kappa shape index (κ2) is 5.57. The predicted molar refractivity (Wildman–Crippen MR) is 71.6 cm³/mol. The number of hydrogen-bond donors (Lipinski definition) is 2. The Morgan fingerprint density at radius 3 is 2.67 bits per heavy atom. The van der Waals surface area contributed by atoms with Crippen molar-refractivity contribution in [2.24, 2.45) is 11.3 Å². The van der Waals surface area contributed by atoms with Crippen LogP contribution in [0.3, 0.4) is 0 Å². The zero-order valence-electron chi connectivity index (χ0n) is 11.6.